The van der Waals surface area contributed by atoms with E-state index in [-0.39, 0.29) is 5.91 Å². The van der Waals surface area contributed by atoms with Crippen LogP contribution in [-0.2, 0) is 11.3 Å². The van der Waals surface area contributed by atoms with E-state index in [2.05, 4.69) is 15.6 Å². The first-order chi connectivity index (χ1) is 9.66. The summed E-state index contributed by atoms with van der Waals surface area (Å²) in [5.74, 6) is 0.382. The lowest BCUT2D eigenvalue weighted by molar-refractivity contribution is -0.117. The second-order valence-electron chi connectivity index (χ2n) is 4.73. The Hall–Kier alpha value is -0.880. The van der Waals surface area contributed by atoms with Crippen LogP contribution in [0.1, 0.15) is 18.4 Å². The number of benzene rings is 1. The van der Waals surface area contributed by atoms with Gasteiger partial charge in [-0.3, -0.25) is 4.79 Å². The Labute approximate surface area is 131 Å². The molecule has 0 bridgehead atoms. The number of amides is 1. The van der Waals surface area contributed by atoms with Gasteiger partial charge in [-0.05, 0) is 36.9 Å². The molecule has 0 aromatic heterocycles. The molecule has 1 aromatic carbocycles. The van der Waals surface area contributed by atoms with Crippen molar-refractivity contribution in [3.63, 3.8) is 0 Å². The lowest BCUT2D eigenvalue weighted by atomic mass is 10.2. The fourth-order valence-electron chi connectivity index (χ4n) is 2.02. The van der Waals surface area contributed by atoms with Crippen LogP contribution in [0.15, 0.2) is 28.8 Å². The highest BCUT2D eigenvalue weighted by Crippen LogP contribution is 2.40. The summed E-state index contributed by atoms with van der Waals surface area (Å²) in [6.45, 7) is 0.319. The van der Waals surface area contributed by atoms with Gasteiger partial charge in [0.1, 0.15) is 4.91 Å². The number of carbonyl (C=O) groups is 1. The van der Waals surface area contributed by atoms with Crippen LogP contribution in [0.2, 0.25) is 10.0 Å². The van der Waals surface area contributed by atoms with Crippen molar-refractivity contribution in [1.29, 1.82) is 0 Å². The van der Waals surface area contributed by atoms with Gasteiger partial charge in [0.05, 0.1) is 5.70 Å². The van der Waals surface area contributed by atoms with Crippen molar-refractivity contribution in [3.8, 4) is 0 Å². The van der Waals surface area contributed by atoms with Gasteiger partial charge in [-0.25, -0.2) is 0 Å². The second kappa shape index (κ2) is 5.85. The minimum atomic E-state index is -0.106. The molecule has 1 amide bonds. The molecule has 0 spiro atoms. The topological polar surface area (TPSA) is 53.2 Å². The van der Waals surface area contributed by atoms with Gasteiger partial charge in [0, 0.05) is 28.1 Å². The number of nitrogens with one attached hydrogen (secondary N) is 3. The molecule has 1 aliphatic heterocycles. The first-order valence-electron chi connectivity index (χ1n) is 6.30. The zero-order valence-electron chi connectivity index (χ0n) is 10.5. The Bertz CT molecular complexity index is 567. The Morgan fingerprint density at radius 3 is 2.70 bits per heavy atom. The van der Waals surface area contributed by atoms with E-state index in [1.807, 2.05) is 0 Å². The Kier molecular flexibility index (Phi) is 4.12. The predicted molar refractivity (Wildman–Crippen MR) is 81.9 cm³/mol. The van der Waals surface area contributed by atoms with Gasteiger partial charge in [0.25, 0.3) is 5.91 Å². The summed E-state index contributed by atoms with van der Waals surface area (Å²) in [5, 5.41) is 3.99. The van der Waals surface area contributed by atoms with E-state index in [4.69, 9.17) is 23.2 Å². The maximum Gasteiger partial charge on any atom is 0.261 e. The second-order valence-corrected chi connectivity index (χ2v) is 6.36. The molecule has 106 valence electrons. The number of carbonyl (C=O) groups excluding carboxylic acids is 1. The molecule has 0 radical (unpaired) electrons. The number of rotatable bonds is 4. The molecular formula is C13H13Cl2N3OS. The Balaban J connectivity index is 1.69. The van der Waals surface area contributed by atoms with Crippen molar-refractivity contribution in [1.82, 2.24) is 15.6 Å². The highest BCUT2D eigenvalue weighted by atomic mass is 35.5. The smallest absolute Gasteiger partial charge is 0.261 e. The number of halogens is 2. The van der Waals surface area contributed by atoms with Crippen LogP contribution >= 0.6 is 35.1 Å². The molecule has 2 aliphatic rings. The summed E-state index contributed by atoms with van der Waals surface area (Å²) in [7, 11) is 0. The summed E-state index contributed by atoms with van der Waals surface area (Å²) in [6, 6.07) is 5.30. The molecule has 1 saturated carbocycles. The van der Waals surface area contributed by atoms with E-state index in [1.54, 1.807) is 18.2 Å². The average molecular weight is 330 g/mol. The first-order valence-corrected chi connectivity index (χ1v) is 7.87. The third-order valence-electron chi connectivity index (χ3n) is 3.26. The quantitative estimate of drug-likeness (QED) is 0.743. The van der Waals surface area contributed by atoms with Gasteiger partial charge in [0.2, 0.25) is 0 Å². The fourth-order valence-corrected chi connectivity index (χ4v) is 3.31. The summed E-state index contributed by atoms with van der Waals surface area (Å²) >= 11 is 13.5. The minimum absolute atomic E-state index is 0.106. The van der Waals surface area contributed by atoms with E-state index >= 15 is 0 Å². The molecule has 20 heavy (non-hydrogen) atoms. The number of hydrazine groups is 1. The molecule has 0 saturated heterocycles. The van der Waals surface area contributed by atoms with Gasteiger partial charge >= 0.3 is 0 Å². The lowest BCUT2D eigenvalue weighted by Gasteiger charge is -2.09. The zero-order chi connectivity index (χ0) is 14.1. The fraction of sp³-hybridized carbons (Fsp3) is 0.308. The van der Waals surface area contributed by atoms with Crippen molar-refractivity contribution in [3.05, 3.63) is 44.4 Å². The SMILES string of the molecule is O=C(NCc1c(Cl)cccc1Cl)C1=C(C2CC2)NNS1. The standard InChI is InChI=1S/C13H13Cl2N3OS/c14-9-2-1-3-10(15)8(9)6-16-13(19)12-11(7-4-5-7)17-18-20-12/h1-3,7,17-18H,4-6H2,(H,16,19). The summed E-state index contributed by atoms with van der Waals surface area (Å²) in [5.41, 5.74) is 4.79. The van der Waals surface area contributed by atoms with E-state index in [0.29, 0.717) is 27.4 Å². The highest BCUT2D eigenvalue weighted by molar-refractivity contribution is 8.02. The Morgan fingerprint density at radius 2 is 2.05 bits per heavy atom. The van der Waals surface area contributed by atoms with Crippen LogP contribution in [0.3, 0.4) is 0 Å². The number of hydrogen-bond acceptors (Lipinski definition) is 4. The van der Waals surface area contributed by atoms with Crippen LogP contribution in [0, 0.1) is 5.92 Å². The molecule has 1 aliphatic carbocycles. The molecule has 0 unspecified atom stereocenters. The van der Waals surface area contributed by atoms with Crippen molar-refractivity contribution >= 4 is 41.1 Å². The molecule has 3 N–H and O–H groups in total. The van der Waals surface area contributed by atoms with E-state index in [0.717, 1.165) is 24.1 Å². The van der Waals surface area contributed by atoms with Gasteiger partial charge in [0.15, 0.2) is 0 Å². The molecule has 0 atom stereocenters. The predicted octanol–water partition coefficient (Wildman–Crippen LogP) is 2.99. The summed E-state index contributed by atoms with van der Waals surface area (Å²) < 4.78 is 0. The maximum absolute atomic E-state index is 12.2. The molecule has 1 fully saturated rings. The largest absolute Gasteiger partial charge is 0.347 e. The lowest BCUT2D eigenvalue weighted by Crippen LogP contribution is -2.25. The van der Waals surface area contributed by atoms with E-state index in [1.165, 1.54) is 11.9 Å². The Morgan fingerprint density at radius 1 is 1.35 bits per heavy atom. The van der Waals surface area contributed by atoms with E-state index in [9.17, 15) is 4.79 Å². The number of allylic oxidation sites excluding steroid dienone is 1. The molecular weight excluding hydrogens is 317 g/mol. The van der Waals surface area contributed by atoms with Crippen molar-refractivity contribution in [2.75, 3.05) is 0 Å². The summed E-state index contributed by atoms with van der Waals surface area (Å²) in [4.78, 5) is 15.9. The van der Waals surface area contributed by atoms with Gasteiger partial charge in [-0.1, -0.05) is 29.3 Å². The third-order valence-corrected chi connectivity index (χ3v) is 4.78. The van der Waals surface area contributed by atoms with Crippen molar-refractivity contribution < 1.29 is 4.79 Å². The molecule has 3 rings (SSSR count). The number of hydrogen-bond donors (Lipinski definition) is 3. The maximum atomic E-state index is 12.2. The molecule has 1 heterocycles. The van der Waals surface area contributed by atoms with Crippen LogP contribution in [0.4, 0.5) is 0 Å². The molecule has 4 nitrogen and oxygen atoms in total. The van der Waals surface area contributed by atoms with Gasteiger partial charge < -0.3 is 10.7 Å². The van der Waals surface area contributed by atoms with Crippen LogP contribution in [0.5, 0.6) is 0 Å². The van der Waals surface area contributed by atoms with Crippen molar-refractivity contribution in [2.45, 2.75) is 19.4 Å². The van der Waals surface area contributed by atoms with Crippen molar-refractivity contribution in [2.24, 2.45) is 5.92 Å². The highest BCUT2D eigenvalue weighted by Gasteiger charge is 2.34. The van der Waals surface area contributed by atoms with Crippen LogP contribution in [-0.4, -0.2) is 5.91 Å². The minimum Gasteiger partial charge on any atom is -0.347 e. The monoisotopic (exact) mass is 329 g/mol. The third kappa shape index (κ3) is 2.91. The van der Waals surface area contributed by atoms with Crippen LogP contribution < -0.4 is 15.6 Å². The van der Waals surface area contributed by atoms with Gasteiger partial charge in [-0.15, -0.1) is 0 Å². The zero-order valence-corrected chi connectivity index (χ0v) is 12.8. The van der Waals surface area contributed by atoms with Gasteiger partial charge in [-0.2, -0.15) is 4.83 Å². The van der Waals surface area contributed by atoms with E-state index < -0.39 is 0 Å². The average Bonchev–Trinajstić information content (AvgIpc) is 3.15. The normalized spacial score (nSPS) is 18.1. The van der Waals surface area contributed by atoms with Crippen LogP contribution in [0.25, 0.3) is 0 Å². The summed E-state index contributed by atoms with van der Waals surface area (Å²) in [6.07, 6.45) is 2.27. The molecule has 7 heteroatoms. The first kappa shape index (κ1) is 14.1. The molecule has 1 aromatic rings.